The molecule has 0 spiro atoms. The molecular weight excluding hydrogens is 323 g/mol. The van der Waals surface area contributed by atoms with E-state index in [1.54, 1.807) is 0 Å². The van der Waals surface area contributed by atoms with Crippen molar-refractivity contribution >= 4 is 24.2 Å². The zero-order valence-electron chi connectivity index (χ0n) is 13.8. The molecule has 0 saturated carbocycles. The minimum atomic E-state index is -0.898. The van der Waals surface area contributed by atoms with E-state index in [-0.39, 0.29) is 30.7 Å². The van der Waals surface area contributed by atoms with E-state index in [1.807, 2.05) is 25.9 Å². The summed E-state index contributed by atoms with van der Waals surface area (Å²) in [6, 6.07) is 3.64. The molecule has 0 saturated heterocycles. The number of aryl methyl sites for hydroxylation is 1. The zero-order chi connectivity index (χ0) is 18.1. The number of hydrogen-bond acceptors (Lipinski definition) is 6. The van der Waals surface area contributed by atoms with Crippen molar-refractivity contribution in [3.8, 4) is 11.6 Å². The van der Waals surface area contributed by atoms with Crippen LogP contribution in [0.2, 0.25) is 6.82 Å². The van der Waals surface area contributed by atoms with Crippen LogP contribution in [0.3, 0.4) is 0 Å². The number of aromatic nitrogens is 2. The third-order valence-electron chi connectivity index (χ3n) is 4.01. The molecule has 8 nitrogen and oxygen atoms in total. The van der Waals surface area contributed by atoms with Crippen molar-refractivity contribution in [1.29, 1.82) is 5.41 Å². The van der Waals surface area contributed by atoms with Gasteiger partial charge in [-0.05, 0) is 35.6 Å². The quantitative estimate of drug-likeness (QED) is 0.424. The van der Waals surface area contributed by atoms with Gasteiger partial charge >= 0.3 is 12.9 Å². The number of aliphatic carboxylic acids is 1. The number of carbonyl (C=O) groups is 1. The van der Waals surface area contributed by atoms with Crippen molar-refractivity contribution in [3.05, 3.63) is 41.3 Å². The molecule has 0 amide bonds. The molecule has 9 heteroatoms. The highest BCUT2D eigenvalue weighted by atomic mass is 16.5. The van der Waals surface area contributed by atoms with Gasteiger partial charge in [0.15, 0.2) is 0 Å². The molecule has 1 aromatic heterocycles. The van der Waals surface area contributed by atoms with Gasteiger partial charge in [-0.2, -0.15) is 0 Å². The van der Waals surface area contributed by atoms with Crippen molar-refractivity contribution < 1.29 is 19.3 Å². The first kappa shape index (κ1) is 16.9. The molecule has 25 heavy (non-hydrogen) atoms. The van der Waals surface area contributed by atoms with E-state index in [9.17, 15) is 4.79 Å². The van der Waals surface area contributed by atoms with Crippen LogP contribution >= 0.6 is 0 Å². The number of nitrogens with zero attached hydrogens (tertiary/aromatic N) is 2. The van der Waals surface area contributed by atoms with E-state index >= 15 is 0 Å². The third kappa shape index (κ3) is 3.46. The number of benzene rings is 1. The van der Waals surface area contributed by atoms with Crippen LogP contribution in [0.25, 0.3) is 0 Å². The number of nitrogen functional groups attached to an aromatic ring is 1. The molecule has 0 bridgehead atoms. The Morgan fingerprint density at radius 1 is 1.44 bits per heavy atom. The number of amidine groups is 1. The predicted molar refractivity (Wildman–Crippen MR) is 91.6 cm³/mol. The Balaban J connectivity index is 1.87. The Morgan fingerprint density at radius 3 is 2.80 bits per heavy atom. The highest BCUT2D eigenvalue weighted by Gasteiger charge is 2.35. The first-order valence-electron chi connectivity index (χ1n) is 7.71. The lowest BCUT2D eigenvalue weighted by Gasteiger charge is -2.13. The second-order valence-electron chi connectivity index (χ2n) is 5.86. The van der Waals surface area contributed by atoms with Gasteiger partial charge in [-0.3, -0.25) is 10.2 Å². The molecule has 1 unspecified atom stereocenters. The minimum Gasteiger partial charge on any atom is -0.481 e. The van der Waals surface area contributed by atoms with Gasteiger partial charge in [0.1, 0.15) is 17.3 Å². The van der Waals surface area contributed by atoms with E-state index in [2.05, 4.69) is 9.97 Å². The van der Waals surface area contributed by atoms with Crippen molar-refractivity contribution in [1.82, 2.24) is 9.97 Å². The average molecular weight is 340 g/mol. The SMILES string of the molecule is CB1OC(CC(=O)O)c2c(C)cc(Oc3cnc(C(=N)N)cn3)cc21. The maximum absolute atomic E-state index is 11.0. The lowest BCUT2D eigenvalue weighted by Crippen LogP contribution is -2.24. The Bertz CT molecular complexity index is 841. The lowest BCUT2D eigenvalue weighted by atomic mass is 9.63. The summed E-state index contributed by atoms with van der Waals surface area (Å²) in [5.74, 6) is -0.223. The molecule has 2 heterocycles. The maximum atomic E-state index is 11.0. The van der Waals surface area contributed by atoms with Gasteiger partial charge < -0.3 is 20.2 Å². The number of fused-ring (bicyclic) bond motifs is 1. The molecule has 3 rings (SSSR count). The van der Waals surface area contributed by atoms with Crippen LogP contribution in [-0.2, 0) is 9.45 Å². The Morgan fingerprint density at radius 2 is 2.20 bits per heavy atom. The number of nitrogens with one attached hydrogen (secondary N) is 1. The first-order valence-corrected chi connectivity index (χ1v) is 7.71. The van der Waals surface area contributed by atoms with Gasteiger partial charge in [0.25, 0.3) is 0 Å². The first-order chi connectivity index (χ1) is 11.8. The molecule has 1 atom stereocenters. The normalized spacial score (nSPS) is 15.8. The van der Waals surface area contributed by atoms with Crippen LogP contribution in [0.15, 0.2) is 24.5 Å². The predicted octanol–water partition coefficient (Wildman–Crippen LogP) is 1.24. The number of carboxylic acid groups (broad SMARTS) is 1. The van der Waals surface area contributed by atoms with Crippen molar-refractivity contribution in [2.45, 2.75) is 26.3 Å². The molecule has 1 aliphatic rings. The van der Waals surface area contributed by atoms with E-state index in [0.29, 0.717) is 5.75 Å². The Labute approximate surface area is 144 Å². The van der Waals surface area contributed by atoms with Crippen LogP contribution in [0.1, 0.15) is 29.3 Å². The molecular formula is C16H17BN4O4. The summed E-state index contributed by atoms with van der Waals surface area (Å²) in [5.41, 5.74) is 8.33. The fourth-order valence-corrected chi connectivity index (χ4v) is 2.95. The van der Waals surface area contributed by atoms with Gasteiger partial charge in [0.05, 0.1) is 24.9 Å². The van der Waals surface area contributed by atoms with Crippen LogP contribution < -0.4 is 15.9 Å². The number of hydrogen-bond donors (Lipinski definition) is 3. The number of rotatable bonds is 5. The standard InChI is InChI=1S/C16H17BN4O4/c1-8-3-9(24-13-7-20-11(6-21-13)16(18)19)4-10-15(8)12(5-14(22)23)25-17(10)2/h3-4,6-7,12H,5H2,1-2H3,(H3,18,19)(H,22,23). The van der Waals surface area contributed by atoms with Gasteiger partial charge in [-0.15, -0.1) is 0 Å². The average Bonchev–Trinajstić information content (AvgIpc) is 2.83. The molecule has 1 aromatic carbocycles. The molecule has 128 valence electrons. The van der Waals surface area contributed by atoms with Crippen LogP contribution in [0, 0.1) is 12.3 Å². The van der Waals surface area contributed by atoms with E-state index in [1.165, 1.54) is 12.4 Å². The fraction of sp³-hybridized carbons (Fsp3) is 0.250. The Kier molecular flexibility index (Phi) is 4.41. The van der Waals surface area contributed by atoms with Crippen molar-refractivity contribution in [2.24, 2.45) is 5.73 Å². The van der Waals surface area contributed by atoms with E-state index < -0.39 is 12.1 Å². The van der Waals surface area contributed by atoms with Gasteiger partial charge in [-0.1, -0.05) is 6.82 Å². The molecule has 2 aromatic rings. The fourth-order valence-electron chi connectivity index (χ4n) is 2.95. The van der Waals surface area contributed by atoms with Crippen LogP contribution in [0.4, 0.5) is 0 Å². The summed E-state index contributed by atoms with van der Waals surface area (Å²) in [7, 11) is 0. The summed E-state index contributed by atoms with van der Waals surface area (Å²) in [4.78, 5) is 19.1. The summed E-state index contributed by atoms with van der Waals surface area (Å²) in [6.45, 7) is 3.56. The molecule has 0 aliphatic carbocycles. The van der Waals surface area contributed by atoms with Gasteiger partial charge in [0.2, 0.25) is 5.88 Å². The summed E-state index contributed by atoms with van der Waals surface area (Å²) in [6.07, 6.45) is 2.24. The van der Waals surface area contributed by atoms with Crippen molar-refractivity contribution in [2.75, 3.05) is 0 Å². The summed E-state index contributed by atoms with van der Waals surface area (Å²) < 4.78 is 11.5. The van der Waals surface area contributed by atoms with E-state index in [0.717, 1.165) is 16.6 Å². The van der Waals surface area contributed by atoms with Gasteiger partial charge in [-0.25, -0.2) is 9.97 Å². The van der Waals surface area contributed by atoms with Crippen LogP contribution in [-0.4, -0.2) is 33.8 Å². The minimum absolute atomic E-state index is 0.0730. The van der Waals surface area contributed by atoms with Gasteiger partial charge in [0, 0.05) is 0 Å². The maximum Gasteiger partial charge on any atom is 0.324 e. The second kappa shape index (κ2) is 6.52. The van der Waals surface area contributed by atoms with Crippen molar-refractivity contribution in [3.63, 3.8) is 0 Å². The summed E-state index contributed by atoms with van der Waals surface area (Å²) >= 11 is 0. The largest absolute Gasteiger partial charge is 0.481 e. The highest BCUT2D eigenvalue weighted by molar-refractivity contribution is 6.67. The molecule has 1 aliphatic heterocycles. The monoisotopic (exact) mass is 340 g/mol. The zero-order valence-corrected chi connectivity index (χ0v) is 13.8. The second-order valence-corrected chi connectivity index (χ2v) is 5.86. The number of carboxylic acids is 1. The highest BCUT2D eigenvalue weighted by Crippen LogP contribution is 2.33. The van der Waals surface area contributed by atoms with Crippen LogP contribution in [0.5, 0.6) is 11.6 Å². The topological polar surface area (TPSA) is 131 Å². The smallest absolute Gasteiger partial charge is 0.324 e. The summed E-state index contributed by atoms with van der Waals surface area (Å²) in [5, 5.41) is 16.4. The van der Waals surface area contributed by atoms with E-state index in [4.69, 9.17) is 25.6 Å². The lowest BCUT2D eigenvalue weighted by molar-refractivity contribution is -0.138. The molecule has 0 radical (unpaired) electrons. The third-order valence-corrected chi connectivity index (χ3v) is 4.01. The Hall–Kier alpha value is -2.94. The molecule has 0 fully saturated rings. The number of nitrogens with two attached hydrogens (primary N) is 1. The molecule has 4 N–H and O–H groups in total. The number of ether oxygens (including phenoxy) is 1.